The molecule has 1 aromatic rings. The van der Waals surface area contributed by atoms with Crippen LogP contribution in [0.15, 0.2) is 18.2 Å². The number of nitrogens with one attached hydrogen (secondary N) is 1. The molecule has 2 heterocycles. The predicted octanol–water partition coefficient (Wildman–Crippen LogP) is 3.42. The highest BCUT2D eigenvalue weighted by atomic mass is 35.5. The molecule has 1 saturated heterocycles. The fourth-order valence-corrected chi connectivity index (χ4v) is 4.42. The zero-order chi connectivity index (χ0) is 11.0. The molecule has 1 nitrogen and oxygen atoms in total. The molecule has 1 aromatic carbocycles. The van der Waals surface area contributed by atoms with Crippen LogP contribution in [0.1, 0.15) is 29.2 Å². The van der Waals surface area contributed by atoms with Crippen LogP contribution in [0.2, 0.25) is 5.02 Å². The van der Waals surface area contributed by atoms with Gasteiger partial charge in [0.2, 0.25) is 0 Å². The topological polar surface area (TPSA) is 12.0 Å². The Morgan fingerprint density at radius 1 is 1.38 bits per heavy atom. The first-order valence-corrected chi connectivity index (χ1v) is 7.40. The van der Waals surface area contributed by atoms with E-state index in [-0.39, 0.29) is 0 Å². The third-order valence-corrected chi connectivity index (χ3v) is 5.16. The van der Waals surface area contributed by atoms with Crippen molar-refractivity contribution >= 4 is 23.4 Å². The third-order valence-electron chi connectivity index (χ3n) is 3.54. The van der Waals surface area contributed by atoms with E-state index in [0.29, 0.717) is 11.3 Å². The van der Waals surface area contributed by atoms with Gasteiger partial charge in [-0.1, -0.05) is 17.7 Å². The summed E-state index contributed by atoms with van der Waals surface area (Å²) < 4.78 is 0. The third kappa shape index (κ3) is 1.99. The second-order valence-corrected chi connectivity index (χ2v) is 6.27. The van der Waals surface area contributed by atoms with Crippen LogP contribution in [0.3, 0.4) is 0 Å². The van der Waals surface area contributed by atoms with E-state index in [0.717, 1.165) is 5.02 Å². The number of fused-ring (bicyclic) bond motifs is 1. The van der Waals surface area contributed by atoms with Gasteiger partial charge in [-0.3, -0.25) is 0 Å². The largest absolute Gasteiger partial charge is 0.313 e. The molecule has 0 spiro atoms. The van der Waals surface area contributed by atoms with Crippen molar-refractivity contribution in [2.75, 3.05) is 12.3 Å². The second kappa shape index (κ2) is 4.59. The Morgan fingerprint density at radius 3 is 3.12 bits per heavy atom. The van der Waals surface area contributed by atoms with Gasteiger partial charge < -0.3 is 5.32 Å². The van der Waals surface area contributed by atoms with E-state index in [1.54, 1.807) is 0 Å². The minimum Gasteiger partial charge on any atom is -0.313 e. The van der Waals surface area contributed by atoms with Gasteiger partial charge in [-0.25, -0.2) is 0 Å². The summed E-state index contributed by atoms with van der Waals surface area (Å²) in [6, 6.07) is 7.09. The summed E-state index contributed by atoms with van der Waals surface area (Å²) in [6.45, 7) is 1.19. The van der Waals surface area contributed by atoms with Crippen molar-refractivity contribution < 1.29 is 0 Å². The van der Waals surface area contributed by atoms with Crippen LogP contribution in [0.4, 0.5) is 0 Å². The molecular formula is C13H16ClNS. The summed E-state index contributed by atoms with van der Waals surface area (Å²) in [6.07, 6.45) is 3.81. The maximum atomic E-state index is 6.06. The maximum Gasteiger partial charge on any atom is 0.0453 e. The average molecular weight is 254 g/mol. The first-order chi connectivity index (χ1) is 7.84. The molecule has 16 heavy (non-hydrogen) atoms. The summed E-state index contributed by atoms with van der Waals surface area (Å²) in [4.78, 5) is 0. The van der Waals surface area contributed by atoms with Gasteiger partial charge in [0.1, 0.15) is 0 Å². The molecule has 0 aliphatic carbocycles. The summed E-state index contributed by atoms with van der Waals surface area (Å²) >= 11 is 8.17. The van der Waals surface area contributed by atoms with E-state index < -0.39 is 0 Å². The van der Waals surface area contributed by atoms with Gasteiger partial charge in [-0.05, 0) is 54.8 Å². The van der Waals surface area contributed by atoms with Crippen molar-refractivity contribution in [3.05, 3.63) is 34.3 Å². The normalized spacial score (nSPS) is 29.1. The first kappa shape index (κ1) is 10.9. The van der Waals surface area contributed by atoms with Crippen molar-refractivity contribution in [1.29, 1.82) is 0 Å². The van der Waals surface area contributed by atoms with Gasteiger partial charge in [0.25, 0.3) is 0 Å². The maximum absolute atomic E-state index is 6.06. The van der Waals surface area contributed by atoms with Crippen molar-refractivity contribution in [3.8, 4) is 0 Å². The molecule has 2 atom stereocenters. The zero-order valence-corrected chi connectivity index (χ0v) is 10.8. The average Bonchev–Trinajstić information content (AvgIpc) is 2.81. The lowest BCUT2D eigenvalue weighted by Crippen LogP contribution is -2.29. The zero-order valence-electron chi connectivity index (χ0n) is 9.21. The Bertz CT molecular complexity index is 388. The Hall–Kier alpha value is -0.180. The molecule has 3 heteroatoms. The molecule has 0 amide bonds. The Balaban J connectivity index is 1.93. The number of thioether (sulfide) groups is 1. The minimum atomic E-state index is 0.642. The van der Waals surface area contributed by atoms with Crippen molar-refractivity contribution in [1.82, 2.24) is 5.32 Å². The van der Waals surface area contributed by atoms with Gasteiger partial charge >= 0.3 is 0 Å². The summed E-state index contributed by atoms with van der Waals surface area (Å²) in [5.41, 5.74) is 2.98. The molecule has 0 unspecified atom stereocenters. The van der Waals surface area contributed by atoms with E-state index in [4.69, 9.17) is 11.6 Å². The van der Waals surface area contributed by atoms with Crippen molar-refractivity contribution in [2.24, 2.45) is 0 Å². The molecule has 0 saturated carbocycles. The molecule has 2 aliphatic heterocycles. The number of halogens is 1. The van der Waals surface area contributed by atoms with Gasteiger partial charge in [0.05, 0.1) is 0 Å². The van der Waals surface area contributed by atoms with Crippen molar-refractivity contribution in [3.63, 3.8) is 0 Å². The highest BCUT2D eigenvalue weighted by molar-refractivity contribution is 7.99. The minimum absolute atomic E-state index is 0.642. The molecule has 1 fully saturated rings. The number of aryl methyl sites for hydroxylation is 1. The predicted molar refractivity (Wildman–Crippen MR) is 71.4 cm³/mol. The highest BCUT2D eigenvalue weighted by Crippen LogP contribution is 2.41. The lowest BCUT2D eigenvalue weighted by atomic mass is 9.97. The number of hydrogen-bond acceptors (Lipinski definition) is 2. The van der Waals surface area contributed by atoms with Crippen LogP contribution < -0.4 is 5.32 Å². The van der Waals surface area contributed by atoms with Crippen LogP contribution >= 0.6 is 23.4 Å². The standard InChI is InChI=1S/C13H16ClNS/c14-10-3-4-11-9(8-10)5-7-16-13(11)12-2-1-6-15-12/h3-4,8,12-13,15H,1-2,5-7H2/t12-,13+/m0/s1. The lowest BCUT2D eigenvalue weighted by molar-refractivity contribution is 0.586. The van der Waals surface area contributed by atoms with Gasteiger partial charge in [0.15, 0.2) is 0 Å². The first-order valence-electron chi connectivity index (χ1n) is 5.98. The fourth-order valence-electron chi connectivity index (χ4n) is 2.76. The molecule has 86 valence electrons. The fraction of sp³-hybridized carbons (Fsp3) is 0.538. The van der Waals surface area contributed by atoms with Crippen LogP contribution in [0.25, 0.3) is 0 Å². The molecule has 1 N–H and O–H groups in total. The monoisotopic (exact) mass is 253 g/mol. The summed E-state index contributed by atoms with van der Waals surface area (Å²) in [5, 5.41) is 5.15. The number of hydrogen-bond donors (Lipinski definition) is 1. The Kier molecular flexibility index (Phi) is 3.14. The molecule has 2 aliphatic rings. The van der Waals surface area contributed by atoms with Gasteiger partial charge in [0, 0.05) is 16.3 Å². The molecular weight excluding hydrogens is 238 g/mol. The van der Waals surface area contributed by atoms with Crippen LogP contribution in [0, 0.1) is 0 Å². The van der Waals surface area contributed by atoms with E-state index in [2.05, 4.69) is 29.2 Å². The molecule has 0 radical (unpaired) electrons. The number of benzene rings is 1. The van der Waals surface area contributed by atoms with Gasteiger partial charge in [-0.15, -0.1) is 0 Å². The van der Waals surface area contributed by atoms with Gasteiger partial charge in [-0.2, -0.15) is 11.8 Å². The highest BCUT2D eigenvalue weighted by Gasteiger charge is 2.30. The smallest absolute Gasteiger partial charge is 0.0453 e. The Morgan fingerprint density at radius 2 is 2.31 bits per heavy atom. The van der Waals surface area contributed by atoms with Crippen molar-refractivity contribution in [2.45, 2.75) is 30.6 Å². The summed E-state index contributed by atoms with van der Waals surface area (Å²) in [7, 11) is 0. The molecule has 0 aromatic heterocycles. The van der Waals surface area contributed by atoms with Crippen LogP contribution in [0.5, 0.6) is 0 Å². The lowest BCUT2D eigenvalue weighted by Gasteiger charge is -2.30. The van der Waals surface area contributed by atoms with E-state index >= 15 is 0 Å². The molecule has 0 bridgehead atoms. The molecule has 3 rings (SSSR count). The van der Waals surface area contributed by atoms with E-state index in [1.165, 1.54) is 42.7 Å². The van der Waals surface area contributed by atoms with Crippen LogP contribution in [-0.4, -0.2) is 18.3 Å². The quantitative estimate of drug-likeness (QED) is 0.823. The van der Waals surface area contributed by atoms with E-state index in [1.807, 2.05) is 6.07 Å². The van der Waals surface area contributed by atoms with Crippen LogP contribution in [-0.2, 0) is 6.42 Å². The van der Waals surface area contributed by atoms with E-state index in [9.17, 15) is 0 Å². The Labute approximate surface area is 106 Å². The number of rotatable bonds is 1. The summed E-state index contributed by atoms with van der Waals surface area (Å²) in [5.74, 6) is 1.23. The second-order valence-electron chi connectivity index (χ2n) is 4.59. The SMILES string of the molecule is Clc1ccc2c(c1)CCS[C@H]2[C@@H]1CCCN1.